The lowest BCUT2D eigenvalue weighted by atomic mass is 10.0. The minimum absolute atomic E-state index is 0.0818. The van der Waals surface area contributed by atoms with Crippen LogP contribution in [0.4, 0.5) is 11.4 Å². The van der Waals surface area contributed by atoms with Crippen molar-refractivity contribution in [2.24, 2.45) is 0 Å². The van der Waals surface area contributed by atoms with Crippen LogP contribution in [0.1, 0.15) is 23.5 Å². The Kier molecular flexibility index (Phi) is 7.25. The summed E-state index contributed by atoms with van der Waals surface area (Å²) < 4.78 is 12.5. The van der Waals surface area contributed by atoms with E-state index < -0.39 is 0 Å². The van der Waals surface area contributed by atoms with Gasteiger partial charge in [-0.1, -0.05) is 6.07 Å². The first-order chi connectivity index (χ1) is 18.5. The molecular formula is C28H27N5O4S. The van der Waals surface area contributed by atoms with Crippen molar-refractivity contribution in [2.75, 3.05) is 31.0 Å². The van der Waals surface area contributed by atoms with Crippen molar-refractivity contribution in [3.63, 3.8) is 0 Å². The third-order valence-corrected chi connectivity index (χ3v) is 6.63. The van der Waals surface area contributed by atoms with Crippen molar-refractivity contribution in [3.8, 4) is 17.2 Å². The first-order valence-electron chi connectivity index (χ1n) is 11.9. The van der Waals surface area contributed by atoms with Gasteiger partial charge in [0.2, 0.25) is 5.91 Å². The summed E-state index contributed by atoms with van der Waals surface area (Å²) in [6.45, 7) is -0.0818. The minimum Gasteiger partial charge on any atom is -0.508 e. The quantitative estimate of drug-likeness (QED) is 0.290. The van der Waals surface area contributed by atoms with Crippen LogP contribution < -0.4 is 20.3 Å². The van der Waals surface area contributed by atoms with Gasteiger partial charge in [-0.2, -0.15) is 0 Å². The van der Waals surface area contributed by atoms with Crippen molar-refractivity contribution in [3.05, 3.63) is 96.6 Å². The molecule has 1 saturated heterocycles. The Hall–Kier alpha value is -4.41. The lowest BCUT2D eigenvalue weighted by Crippen LogP contribution is -2.30. The zero-order chi connectivity index (χ0) is 26.6. The van der Waals surface area contributed by atoms with E-state index in [1.807, 2.05) is 65.7 Å². The third-order valence-electron chi connectivity index (χ3n) is 6.32. The average molecular weight is 530 g/mol. The highest BCUT2D eigenvalue weighted by molar-refractivity contribution is 7.80. The van der Waals surface area contributed by atoms with Crippen molar-refractivity contribution >= 4 is 34.6 Å². The molecule has 1 fully saturated rings. The lowest BCUT2D eigenvalue weighted by Gasteiger charge is -2.29. The van der Waals surface area contributed by atoms with Gasteiger partial charge in [-0.15, -0.1) is 0 Å². The van der Waals surface area contributed by atoms with Crippen LogP contribution in [0.15, 0.2) is 85.2 Å². The smallest absolute Gasteiger partial charge is 0.250 e. The average Bonchev–Trinajstić information content (AvgIpc) is 3.54. The molecule has 0 radical (unpaired) electrons. The maximum atomic E-state index is 12.3. The van der Waals surface area contributed by atoms with Crippen molar-refractivity contribution in [1.29, 1.82) is 0 Å². The molecule has 1 aliphatic heterocycles. The first-order valence-corrected chi connectivity index (χ1v) is 12.3. The largest absolute Gasteiger partial charge is 0.508 e. The Morgan fingerprint density at radius 2 is 1.87 bits per heavy atom. The van der Waals surface area contributed by atoms with Crippen LogP contribution in [0.3, 0.4) is 0 Å². The number of methoxy groups -OCH3 is 2. The molecule has 0 spiro atoms. The van der Waals surface area contributed by atoms with E-state index in [4.69, 9.17) is 21.7 Å². The number of carbonyl (C=O) groups excluding carboxylic acids is 1. The molecule has 1 aliphatic rings. The number of ether oxygens (including phenoxy) is 2. The van der Waals surface area contributed by atoms with Gasteiger partial charge in [0, 0.05) is 36.6 Å². The van der Waals surface area contributed by atoms with Gasteiger partial charge in [0.05, 0.1) is 24.5 Å². The number of pyridine rings is 1. The molecule has 1 amide bonds. The topological polar surface area (TPSA) is 101 Å². The Labute approximate surface area is 225 Å². The maximum absolute atomic E-state index is 12.3. The molecule has 194 valence electrons. The summed E-state index contributed by atoms with van der Waals surface area (Å²) in [6.07, 6.45) is 3.73. The Morgan fingerprint density at radius 3 is 2.58 bits per heavy atom. The molecule has 38 heavy (non-hydrogen) atoms. The second-order valence-electron chi connectivity index (χ2n) is 8.68. The minimum atomic E-state index is -0.297. The number of carbonyl (C=O) groups is 1. The fraction of sp³-hybridized carbons (Fsp3) is 0.179. The number of nitrogens with zero attached hydrogens (tertiary/aromatic N) is 3. The van der Waals surface area contributed by atoms with Gasteiger partial charge in [0.1, 0.15) is 24.1 Å². The van der Waals surface area contributed by atoms with Gasteiger partial charge in [0.25, 0.3) is 0 Å². The van der Waals surface area contributed by atoms with Crippen LogP contribution in [-0.4, -0.2) is 46.5 Å². The SMILES string of the molecule is COCC(=O)Nc1cc(N2C(=S)N[C@@H](c3ccccn3)[C@H]2c2cccn2-c2ccc(O)cc2)ccc1OC. The fourth-order valence-electron chi connectivity index (χ4n) is 4.68. The van der Waals surface area contributed by atoms with Crippen LogP contribution in [0, 0.1) is 0 Å². The molecule has 0 unspecified atom stereocenters. The van der Waals surface area contributed by atoms with E-state index in [1.54, 1.807) is 31.5 Å². The third kappa shape index (κ3) is 4.91. The zero-order valence-corrected chi connectivity index (χ0v) is 21.7. The van der Waals surface area contributed by atoms with Gasteiger partial charge in [-0.05, 0) is 78.9 Å². The van der Waals surface area contributed by atoms with Crippen molar-refractivity contribution in [2.45, 2.75) is 12.1 Å². The molecule has 10 heteroatoms. The summed E-state index contributed by atoms with van der Waals surface area (Å²) in [6, 6.07) is 21.8. The van der Waals surface area contributed by atoms with E-state index in [0.29, 0.717) is 16.5 Å². The molecule has 0 saturated carbocycles. The number of aromatic hydroxyl groups is 1. The molecule has 2 atom stereocenters. The molecule has 4 aromatic rings. The summed E-state index contributed by atoms with van der Waals surface area (Å²) >= 11 is 5.87. The number of amides is 1. The second kappa shape index (κ2) is 10.9. The number of hydrogen-bond donors (Lipinski definition) is 3. The summed E-state index contributed by atoms with van der Waals surface area (Å²) in [5, 5.41) is 16.6. The number of nitrogens with one attached hydrogen (secondary N) is 2. The highest BCUT2D eigenvalue weighted by atomic mass is 32.1. The summed E-state index contributed by atoms with van der Waals surface area (Å²) in [5.41, 5.74) is 3.95. The van der Waals surface area contributed by atoms with Crippen LogP contribution in [0.25, 0.3) is 5.69 Å². The summed E-state index contributed by atoms with van der Waals surface area (Å²) in [7, 11) is 3.01. The number of anilines is 2. The van der Waals surface area contributed by atoms with E-state index in [0.717, 1.165) is 22.8 Å². The van der Waals surface area contributed by atoms with Gasteiger partial charge in [0.15, 0.2) is 5.11 Å². The predicted molar refractivity (Wildman–Crippen MR) is 149 cm³/mol. The summed E-state index contributed by atoms with van der Waals surface area (Å²) in [5.74, 6) is 0.413. The second-order valence-corrected chi connectivity index (χ2v) is 9.07. The highest BCUT2D eigenvalue weighted by Crippen LogP contribution is 2.43. The van der Waals surface area contributed by atoms with Crippen molar-refractivity contribution in [1.82, 2.24) is 14.9 Å². The number of rotatable bonds is 8. The molecule has 0 bridgehead atoms. The number of thiocarbonyl (C=S) groups is 1. The van der Waals surface area contributed by atoms with E-state index in [9.17, 15) is 9.90 Å². The normalized spacial score (nSPS) is 16.8. The molecule has 2 aromatic heterocycles. The Morgan fingerprint density at radius 1 is 1.08 bits per heavy atom. The lowest BCUT2D eigenvalue weighted by molar-refractivity contribution is -0.119. The zero-order valence-electron chi connectivity index (χ0n) is 20.9. The number of phenols is 1. The van der Waals surface area contributed by atoms with Gasteiger partial charge in [-0.25, -0.2) is 0 Å². The van der Waals surface area contributed by atoms with Gasteiger partial charge < -0.3 is 34.7 Å². The molecule has 5 rings (SSSR count). The van der Waals surface area contributed by atoms with E-state index in [-0.39, 0.29) is 30.3 Å². The molecular weight excluding hydrogens is 502 g/mol. The standard InChI is InChI=1S/C28H27N5O4S/c1-36-17-25(35)30-22-16-19(10-13-24(22)37-2)33-27(26(31-28(33)38)21-6-3-4-14-29-21)23-7-5-15-32(23)18-8-11-20(34)12-9-18/h3-16,26-27,34H,17H2,1-2H3,(H,30,35)(H,31,38)/t26-,27+/m0/s1. The van der Waals surface area contributed by atoms with Crippen LogP contribution in [-0.2, 0) is 9.53 Å². The molecule has 3 N–H and O–H groups in total. The van der Waals surface area contributed by atoms with E-state index in [1.165, 1.54) is 7.11 Å². The van der Waals surface area contributed by atoms with Gasteiger partial charge >= 0.3 is 0 Å². The fourth-order valence-corrected chi connectivity index (χ4v) is 5.02. The predicted octanol–water partition coefficient (Wildman–Crippen LogP) is 4.35. The Bertz CT molecular complexity index is 1440. The highest BCUT2D eigenvalue weighted by Gasteiger charge is 2.42. The number of phenolic OH excluding ortho intramolecular Hbond substituents is 1. The number of benzene rings is 2. The number of aromatic nitrogens is 2. The summed E-state index contributed by atoms with van der Waals surface area (Å²) in [4.78, 5) is 19.0. The first kappa shape index (κ1) is 25.2. The van der Waals surface area contributed by atoms with E-state index >= 15 is 0 Å². The molecule has 3 heterocycles. The van der Waals surface area contributed by atoms with E-state index in [2.05, 4.69) is 20.2 Å². The molecule has 9 nitrogen and oxygen atoms in total. The Balaban J connectivity index is 1.62. The van der Waals surface area contributed by atoms with Crippen LogP contribution in [0.5, 0.6) is 11.5 Å². The maximum Gasteiger partial charge on any atom is 0.250 e. The van der Waals surface area contributed by atoms with Crippen molar-refractivity contribution < 1.29 is 19.4 Å². The van der Waals surface area contributed by atoms with Crippen LogP contribution in [0.2, 0.25) is 0 Å². The van der Waals surface area contributed by atoms with Gasteiger partial charge in [-0.3, -0.25) is 9.78 Å². The monoisotopic (exact) mass is 529 g/mol. The van der Waals surface area contributed by atoms with Crippen LogP contribution >= 0.6 is 12.2 Å². The molecule has 0 aliphatic carbocycles. The molecule has 2 aromatic carbocycles. The number of hydrogen-bond acceptors (Lipinski definition) is 6.